The van der Waals surface area contributed by atoms with Crippen LogP contribution in [0.3, 0.4) is 0 Å². The van der Waals surface area contributed by atoms with Crippen molar-refractivity contribution < 1.29 is 17.6 Å². The summed E-state index contributed by atoms with van der Waals surface area (Å²) in [6.07, 6.45) is -0.315. The first-order valence-electron chi connectivity index (χ1n) is 6.73. The van der Waals surface area contributed by atoms with E-state index in [1.54, 1.807) is 36.4 Å². The Kier molecular flexibility index (Phi) is 3.85. The van der Waals surface area contributed by atoms with E-state index < -0.39 is 18.7 Å². The zero-order valence-corrected chi connectivity index (χ0v) is 11.8. The van der Waals surface area contributed by atoms with Crippen LogP contribution in [-0.4, -0.2) is 20.9 Å². The molecular formula is C16H11F4N3. The Morgan fingerprint density at radius 3 is 2.52 bits per heavy atom. The van der Waals surface area contributed by atoms with Crippen molar-refractivity contribution in [3.05, 3.63) is 60.9 Å². The van der Waals surface area contributed by atoms with E-state index >= 15 is 0 Å². The summed E-state index contributed by atoms with van der Waals surface area (Å²) < 4.78 is 51.7. The van der Waals surface area contributed by atoms with Gasteiger partial charge in [-0.25, -0.2) is 4.98 Å². The first-order chi connectivity index (χ1) is 10.9. The van der Waals surface area contributed by atoms with Crippen LogP contribution in [-0.2, 0) is 6.54 Å². The standard InChI is InChI=1S/C16H11F4N3/c17-15-14(5-2-6-21-15)12-4-1-3-11(7-12)13-8-22-23(9-13)10-16(18,19)20/h1-9H,10H2. The number of hydrogen-bond donors (Lipinski definition) is 0. The monoisotopic (exact) mass is 321 g/mol. The molecular weight excluding hydrogens is 310 g/mol. The van der Waals surface area contributed by atoms with Crippen LogP contribution in [0.25, 0.3) is 22.3 Å². The third-order valence-corrected chi connectivity index (χ3v) is 3.24. The molecule has 23 heavy (non-hydrogen) atoms. The molecule has 0 radical (unpaired) electrons. The number of rotatable bonds is 3. The van der Waals surface area contributed by atoms with Gasteiger partial charge >= 0.3 is 6.18 Å². The van der Waals surface area contributed by atoms with Gasteiger partial charge in [0.2, 0.25) is 5.95 Å². The van der Waals surface area contributed by atoms with E-state index in [0.29, 0.717) is 22.3 Å². The zero-order chi connectivity index (χ0) is 16.4. The average molecular weight is 321 g/mol. The van der Waals surface area contributed by atoms with Crippen molar-refractivity contribution in [3.63, 3.8) is 0 Å². The number of halogens is 4. The highest BCUT2D eigenvalue weighted by Gasteiger charge is 2.28. The summed E-state index contributed by atoms with van der Waals surface area (Å²) in [5.74, 6) is -0.600. The molecule has 3 aromatic rings. The van der Waals surface area contributed by atoms with Gasteiger partial charge in [0.15, 0.2) is 0 Å². The Morgan fingerprint density at radius 1 is 1.00 bits per heavy atom. The number of benzene rings is 1. The minimum absolute atomic E-state index is 0.331. The van der Waals surface area contributed by atoms with Crippen LogP contribution in [0.4, 0.5) is 17.6 Å². The highest BCUT2D eigenvalue weighted by atomic mass is 19.4. The maximum atomic E-state index is 13.7. The summed E-state index contributed by atoms with van der Waals surface area (Å²) in [5.41, 5.74) is 2.10. The van der Waals surface area contributed by atoms with E-state index in [1.807, 2.05) is 0 Å². The predicted octanol–water partition coefficient (Wildman–Crippen LogP) is 4.31. The predicted molar refractivity (Wildman–Crippen MR) is 76.9 cm³/mol. The second kappa shape index (κ2) is 5.83. The molecule has 0 atom stereocenters. The number of hydrogen-bond acceptors (Lipinski definition) is 2. The van der Waals surface area contributed by atoms with Gasteiger partial charge in [0.05, 0.1) is 6.20 Å². The number of aromatic nitrogens is 3. The van der Waals surface area contributed by atoms with E-state index in [1.165, 1.54) is 18.6 Å². The lowest BCUT2D eigenvalue weighted by Gasteiger charge is -2.06. The maximum Gasteiger partial charge on any atom is 0.408 e. The Bertz CT molecular complexity index is 824. The summed E-state index contributed by atoms with van der Waals surface area (Å²) in [5, 5.41) is 3.71. The van der Waals surface area contributed by atoms with Crippen LogP contribution in [0.1, 0.15) is 0 Å². The minimum Gasteiger partial charge on any atom is -0.263 e. The van der Waals surface area contributed by atoms with Crippen molar-refractivity contribution in [2.45, 2.75) is 12.7 Å². The van der Waals surface area contributed by atoms with Crippen molar-refractivity contribution >= 4 is 0 Å². The number of pyridine rings is 1. The average Bonchev–Trinajstić information content (AvgIpc) is 2.94. The van der Waals surface area contributed by atoms with Gasteiger partial charge in [0.25, 0.3) is 0 Å². The number of alkyl halides is 3. The lowest BCUT2D eigenvalue weighted by atomic mass is 10.0. The Hall–Kier alpha value is -2.70. The summed E-state index contributed by atoms with van der Waals surface area (Å²) in [6, 6.07) is 10.0. The molecule has 3 rings (SSSR count). The fraction of sp³-hybridized carbons (Fsp3) is 0.125. The largest absolute Gasteiger partial charge is 0.408 e. The molecule has 0 saturated carbocycles. The molecule has 0 aliphatic carbocycles. The molecule has 0 spiro atoms. The van der Waals surface area contributed by atoms with Gasteiger partial charge in [-0.3, -0.25) is 4.68 Å². The second-order valence-electron chi connectivity index (χ2n) is 4.96. The second-order valence-corrected chi connectivity index (χ2v) is 4.96. The molecule has 3 nitrogen and oxygen atoms in total. The summed E-state index contributed by atoms with van der Waals surface area (Å²) in [6.45, 7) is -1.15. The molecule has 0 aliphatic heterocycles. The van der Waals surface area contributed by atoms with E-state index in [4.69, 9.17) is 0 Å². The van der Waals surface area contributed by atoms with Gasteiger partial charge in [-0.15, -0.1) is 0 Å². The van der Waals surface area contributed by atoms with Gasteiger partial charge in [-0.1, -0.05) is 18.2 Å². The molecule has 7 heteroatoms. The molecule has 0 fully saturated rings. The van der Waals surface area contributed by atoms with Gasteiger partial charge in [0.1, 0.15) is 6.54 Å². The fourth-order valence-corrected chi connectivity index (χ4v) is 2.25. The highest BCUT2D eigenvalue weighted by molar-refractivity contribution is 5.72. The third-order valence-electron chi connectivity index (χ3n) is 3.24. The van der Waals surface area contributed by atoms with Crippen molar-refractivity contribution in [2.24, 2.45) is 0 Å². The van der Waals surface area contributed by atoms with Crippen molar-refractivity contribution in [3.8, 4) is 22.3 Å². The van der Waals surface area contributed by atoms with Crippen LogP contribution in [0.5, 0.6) is 0 Å². The topological polar surface area (TPSA) is 30.7 Å². The Balaban J connectivity index is 1.93. The van der Waals surface area contributed by atoms with E-state index in [2.05, 4.69) is 10.1 Å². The van der Waals surface area contributed by atoms with E-state index in [9.17, 15) is 17.6 Å². The summed E-state index contributed by atoms with van der Waals surface area (Å²) in [7, 11) is 0. The molecule has 0 N–H and O–H groups in total. The fourth-order valence-electron chi connectivity index (χ4n) is 2.25. The molecule has 2 aromatic heterocycles. The molecule has 1 aromatic carbocycles. The smallest absolute Gasteiger partial charge is 0.263 e. The van der Waals surface area contributed by atoms with Gasteiger partial charge in [-0.05, 0) is 29.3 Å². The molecule has 0 bridgehead atoms. The number of nitrogens with zero attached hydrogens (tertiary/aromatic N) is 3. The lowest BCUT2D eigenvalue weighted by Crippen LogP contribution is -2.17. The Labute approximate surface area is 129 Å². The minimum atomic E-state index is -4.33. The molecule has 0 saturated heterocycles. The molecule has 118 valence electrons. The molecule has 2 heterocycles. The summed E-state index contributed by atoms with van der Waals surface area (Å²) in [4.78, 5) is 3.59. The first-order valence-corrected chi connectivity index (χ1v) is 6.73. The van der Waals surface area contributed by atoms with E-state index in [-0.39, 0.29) is 0 Å². The zero-order valence-electron chi connectivity index (χ0n) is 11.8. The van der Waals surface area contributed by atoms with Crippen molar-refractivity contribution in [1.82, 2.24) is 14.8 Å². The van der Waals surface area contributed by atoms with Gasteiger partial charge < -0.3 is 0 Å². The SMILES string of the molecule is Fc1ncccc1-c1cccc(-c2cnn(CC(F)(F)F)c2)c1. The van der Waals surface area contributed by atoms with E-state index in [0.717, 1.165) is 4.68 Å². The Morgan fingerprint density at radius 2 is 1.78 bits per heavy atom. The molecule has 0 amide bonds. The third kappa shape index (κ3) is 3.56. The summed E-state index contributed by atoms with van der Waals surface area (Å²) >= 11 is 0. The molecule has 0 aliphatic rings. The quantitative estimate of drug-likeness (QED) is 0.531. The van der Waals surface area contributed by atoms with Gasteiger partial charge in [-0.2, -0.15) is 22.7 Å². The molecule has 0 unspecified atom stereocenters. The van der Waals surface area contributed by atoms with Crippen LogP contribution < -0.4 is 0 Å². The van der Waals surface area contributed by atoms with Crippen LogP contribution >= 0.6 is 0 Å². The van der Waals surface area contributed by atoms with Crippen LogP contribution in [0.15, 0.2) is 55.0 Å². The van der Waals surface area contributed by atoms with Crippen molar-refractivity contribution in [1.29, 1.82) is 0 Å². The maximum absolute atomic E-state index is 13.7. The normalized spacial score (nSPS) is 11.7. The van der Waals surface area contributed by atoms with Crippen molar-refractivity contribution in [2.75, 3.05) is 0 Å². The van der Waals surface area contributed by atoms with Gasteiger partial charge in [0, 0.05) is 23.5 Å². The highest BCUT2D eigenvalue weighted by Crippen LogP contribution is 2.27. The lowest BCUT2D eigenvalue weighted by molar-refractivity contribution is -0.142. The first kappa shape index (κ1) is 15.2. The van der Waals surface area contributed by atoms with Crippen LogP contribution in [0, 0.1) is 5.95 Å². The van der Waals surface area contributed by atoms with Crippen LogP contribution in [0.2, 0.25) is 0 Å².